The molecule has 0 radical (unpaired) electrons. The second-order valence-corrected chi connectivity index (χ2v) is 4.48. The van der Waals surface area contributed by atoms with Gasteiger partial charge in [-0.1, -0.05) is 26.0 Å². The van der Waals surface area contributed by atoms with E-state index in [1.807, 2.05) is 19.9 Å². The number of nitrogens with zero attached hydrogens (tertiary/aromatic N) is 1. The molecule has 7 heteroatoms. The standard InChI is InChI=1S/C13H20N2O5/c1-10(2)14-8-11(20-15(16)17)9-19-13-7-5-4-6-12(13)18-3/h4-7,10-11,14H,8-9H2,1-3H3. The van der Waals surface area contributed by atoms with Crippen LogP contribution in [0.1, 0.15) is 13.8 Å². The van der Waals surface area contributed by atoms with Crippen molar-refractivity contribution in [2.24, 2.45) is 0 Å². The molecule has 0 aromatic heterocycles. The third-order valence-corrected chi connectivity index (χ3v) is 2.48. The average Bonchev–Trinajstić information content (AvgIpc) is 2.41. The molecule has 1 N–H and O–H groups in total. The van der Waals surface area contributed by atoms with E-state index in [4.69, 9.17) is 9.47 Å². The van der Waals surface area contributed by atoms with Crippen LogP contribution in [0.25, 0.3) is 0 Å². The number of hydrogen-bond donors (Lipinski definition) is 1. The van der Waals surface area contributed by atoms with Crippen LogP contribution in [-0.4, -0.2) is 37.5 Å². The van der Waals surface area contributed by atoms with Gasteiger partial charge in [0.15, 0.2) is 17.6 Å². The molecule has 0 amide bonds. The molecule has 1 unspecified atom stereocenters. The first-order valence-corrected chi connectivity index (χ1v) is 6.33. The zero-order valence-electron chi connectivity index (χ0n) is 11.9. The van der Waals surface area contributed by atoms with E-state index in [1.165, 1.54) is 7.11 Å². The molecule has 1 aromatic rings. The summed E-state index contributed by atoms with van der Waals surface area (Å²) < 4.78 is 10.7. The first-order chi connectivity index (χ1) is 9.52. The molecule has 1 atom stereocenters. The monoisotopic (exact) mass is 284 g/mol. The Morgan fingerprint density at radius 3 is 2.50 bits per heavy atom. The van der Waals surface area contributed by atoms with E-state index < -0.39 is 11.2 Å². The highest BCUT2D eigenvalue weighted by atomic mass is 17.0. The molecule has 0 saturated heterocycles. The zero-order chi connectivity index (χ0) is 15.0. The molecular formula is C13H20N2O5. The van der Waals surface area contributed by atoms with Crippen molar-refractivity contribution in [1.82, 2.24) is 5.32 Å². The highest BCUT2D eigenvalue weighted by Crippen LogP contribution is 2.25. The smallest absolute Gasteiger partial charge is 0.294 e. The topological polar surface area (TPSA) is 82.9 Å². The van der Waals surface area contributed by atoms with Gasteiger partial charge < -0.3 is 19.6 Å². The number of ether oxygens (including phenoxy) is 2. The van der Waals surface area contributed by atoms with Crippen LogP contribution in [-0.2, 0) is 4.84 Å². The normalized spacial score (nSPS) is 12.0. The first kappa shape index (κ1) is 16.0. The lowest BCUT2D eigenvalue weighted by Gasteiger charge is -2.18. The van der Waals surface area contributed by atoms with Crippen molar-refractivity contribution in [3.05, 3.63) is 34.4 Å². The van der Waals surface area contributed by atoms with Gasteiger partial charge in [-0.05, 0) is 12.1 Å². The summed E-state index contributed by atoms with van der Waals surface area (Å²) in [5.74, 6) is 1.10. The van der Waals surface area contributed by atoms with Crippen LogP contribution in [0, 0.1) is 10.1 Å². The molecule has 0 aliphatic heterocycles. The van der Waals surface area contributed by atoms with Crippen LogP contribution in [0.3, 0.4) is 0 Å². The summed E-state index contributed by atoms with van der Waals surface area (Å²) in [5, 5.41) is 12.7. The second kappa shape index (κ2) is 8.21. The SMILES string of the molecule is COc1ccccc1OCC(CNC(C)C)O[N+](=O)[O-]. The number of methoxy groups -OCH3 is 1. The van der Waals surface area contributed by atoms with Crippen LogP contribution >= 0.6 is 0 Å². The molecule has 1 rings (SSSR count). The Kier molecular flexibility index (Phi) is 6.58. The molecule has 1 aromatic carbocycles. The first-order valence-electron chi connectivity index (χ1n) is 6.33. The van der Waals surface area contributed by atoms with Gasteiger partial charge in [0.25, 0.3) is 5.09 Å². The molecule has 20 heavy (non-hydrogen) atoms. The van der Waals surface area contributed by atoms with Crippen molar-refractivity contribution in [2.75, 3.05) is 20.3 Å². The number of benzene rings is 1. The minimum absolute atomic E-state index is 0.0566. The summed E-state index contributed by atoms with van der Waals surface area (Å²) in [4.78, 5) is 15.1. The maximum atomic E-state index is 10.5. The van der Waals surface area contributed by atoms with E-state index in [0.29, 0.717) is 18.0 Å². The average molecular weight is 284 g/mol. The molecule has 0 aliphatic rings. The van der Waals surface area contributed by atoms with Crippen LogP contribution in [0.5, 0.6) is 11.5 Å². The maximum Gasteiger partial charge on any atom is 0.294 e. The Balaban J connectivity index is 2.58. The fourth-order valence-electron chi connectivity index (χ4n) is 1.54. The third kappa shape index (κ3) is 5.75. The summed E-state index contributed by atoms with van der Waals surface area (Å²) in [7, 11) is 1.54. The molecule has 112 valence electrons. The summed E-state index contributed by atoms with van der Waals surface area (Å²) in [6, 6.07) is 7.31. The molecule has 0 saturated carbocycles. The molecular weight excluding hydrogens is 264 g/mol. The third-order valence-electron chi connectivity index (χ3n) is 2.48. The maximum absolute atomic E-state index is 10.5. The van der Waals surface area contributed by atoms with Crippen LogP contribution in [0.4, 0.5) is 0 Å². The van der Waals surface area contributed by atoms with Gasteiger partial charge in [-0.3, -0.25) is 0 Å². The minimum atomic E-state index is -0.807. The summed E-state index contributed by atoms with van der Waals surface area (Å²) in [5.41, 5.74) is 0. The van der Waals surface area contributed by atoms with Gasteiger partial charge in [-0.2, -0.15) is 0 Å². The lowest BCUT2D eigenvalue weighted by atomic mass is 10.3. The van der Waals surface area contributed by atoms with Gasteiger partial charge in [0.05, 0.1) is 7.11 Å². The van der Waals surface area contributed by atoms with E-state index in [-0.39, 0.29) is 12.6 Å². The van der Waals surface area contributed by atoms with Crippen LogP contribution in [0.15, 0.2) is 24.3 Å². The fraction of sp³-hybridized carbons (Fsp3) is 0.538. The minimum Gasteiger partial charge on any atom is -0.493 e. The molecule has 0 heterocycles. The van der Waals surface area contributed by atoms with Gasteiger partial charge in [-0.25, -0.2) is 0 Å². The lowest BCUT2D eigenvalue weighted by molar-refractivity contribution is -0.768. The van der Waals surface area contributed by atoms with Crippen molar-refractivity contribution in [1.29, 1.82) is 0 Å². The highest BCUT2D eigenvalue weighted by molar-refractivity contribution is 5.39. The number of hydrogen-bond acceptors (Lipinski definition) is 6. The van der Waals surface area contributed by atoms with Crippen molar-refractivity contribution >= 4 is 0 Å². The Bertz CT molecular complexity index is 425. The van der Waals surface area contributed by atoms with Gasteiger partial charge in [0, 0.05) is 12.6 Å². The van der Waals surface area contributed by atoms with E-state index in [0.717, 1.165) is 0 Å². The Labute approximate surface area is 117 Å². The van der Waals surface area contributed by atoms with E-state index in [1.54, 1.807) is 18.2 Å². The fourth-order valence-corrected chi connectivity index (χ4v) is 1.54. The van der Waals surface area contributed by atoms with E-state index >= 15 is 0 Å². The number of nitrogens with one attached hydrogen (secondary N) is 1. The predicted molar refractivity (Wildman–Crippen MR) is 73.5 cm³/mol. The Morgan fingerprint density at radius 1 is 1.30 bits per heavy atom. The van der Waals surface area contributed by atoms with Crippen LogP contribution in [0.2, 0.25) is 0 Å². The van der Waals surface area contributed by atoms with Gasteiger partial charge in [0.1, 0.15) is 6.61 Å². The molecule has 7 nitrogen and oxygen atoms in total. The molecule has 0 bridgehead atoms. The zero-order valence-corrected chi connectivity index (χ0v) is 11.9. The van der Waals surface area contributed by atoms with E-state index in [9.17, 15) is 10.1 Å². The van der Waals surface area contributed by atoms with Crippen molar-refractivity contribution in [3.63, 3.8) is 0 Å². The Hall–Kier alpha value is -2.02. The van der Waals surface area contributed by atoms with Gasteiger partial charge in [0.2, 0.25) is 0 Å². The molecule has 0 aliphatic carbocycles. The van der Waals surface area contributed by atoms with Crippen molar-refractivity contribution < 1.29 is 19.4 Å². The lowest BCUT2D eigenvalue weighted by Crippen LogP contribution is -2.38. The van der Waals surface area contributed by atoms with E-state index in [2.05, 4.69) is 10.2 Å². The van der Waals surface area contributed by atoms with Crippen molar-refractivity contribution in [2.45, 2.75) is 26.0 Å². The quantitative estimate of drug-likeness (QED) is 0.548. The number of rotatable bonds is 9. The summed E-state index contributed by atoms with van der Waals surface area (Å²) >= 11 is 0. The van der Waals surface area contributed by atoms with Gasteiger partial charge >= 0.3 is 0 Å². The highest BCUT2D eigenvalue weighted by Gasteiger charge is 2.16. The predicted octanol–water partition coefficient (Wildman–Crippen LogP) is 1.65. The van der Waals surface area contributed by atoms with Gasteiger partial charge in [-0.15, -0.1) is 10.1 Å². The van der Waals surface area contributed by atoms with Crippen LogP contribution < -0.4 is 14.8 Å². The number of para-hydroxylation sites is 2. The largest absolute Gasteiger partial charge is 0.493 e. The second-order valence-electron chi connectivity index (χ2n) is 4.48. The summed E-state index contributed by atoms with van der Waals surface area (Å²) in [6.45, 7) is 4.28. The van der Waals surface area contributed by atoms with Crippen molar-refractivity contribution in [3.8, 4) is 11.5 Å². The summed E-state index contributed by atoms with van der Waals surface area (Å²) in [6.07, 6.45) is -0.683. The molecule has 0 spiro atoms. The Morgan fingerprint density at radius 2 is 1.95 bits per heavy atom. The molecule has 0 fully saturated rings.